The molecule has 1 aromatic heterocycles. The molecule has 1 aromatic rings. The molecule has 0 saturated heterocycles. The normalized spacial score (nSPS) is 28.9. The van der Waals surface area contributed by atoms with Crippen molar-refractivity contribution in [1.82, 2.24) is 9.97 Å². The van der Waals surface area contributed by atoms with E-state index in [1.165, 1.54) is 6.33 Å². The van der Waals surface area contributed by atoms with E-state index in [4.69, 9.17) is 15.2 Å². The maximum Gasteiger partial charge on any atom is 0.163 e. The Morgan fingerprint density at radius 3 is 2.64 bits per heavy atom. The van der Waals surface area contributed by atoms with Crippen molar-refractivity contribution < 1.29 is 9.47 Å². The van der Waals surface area contributed by atoms with Crippen LogP contribution in [0.5, 0.6) is 0 Å². The molecule has 3 unspecified atom stereocenters. The molecule has 2 aliphatic carbocycles. The molecular formula is C16H20N4O2. The van der Waals surface area contributed by atoms with Crippen LogP contribution in [0.2, 0.25) is 0 Å². The summed E-state index contributed by atoms with van der Waals surface area (Å²) in [4.78, 5) is 13.3. The molecule has 6 heteroatoms. The summed E-state index contributed by atoms with van der Waals surface area (Å²) in [5.41, 5.74) is 6.84. The van der Waals surface area contributed by atoms with Gasteiger partial charge in [0, 0.05) is 31.2 Å². The predicted octanol–water partition coefficient (Wildman–Crippen LogP) is -0.169. The Bertz CT molecular complexity index is 726. The van der Waals surface area contributed by atoms with E-state index in [0.29, 0.717) is 5.82 Å². The summed E-state index contributed by atoms with van der Waals surface area (Å²) in [5, 5.41) is 1.71. The maximum atomic E-state index is 5.86. The minimum atomic E-state index is -0.169. The first-order valence-electron chi connectivity index (χ1n) is 7.33. The average molecular weight is 300 g/mol. The lowest BCUT2D eigenvalue weighted by Crippen LogP contribution is -2.41. The molecule has 0 amide bonds. The van der Waals surface area contributed by atoms with Crippen molar-refractivity contribution >= 4 is 23.7 Å². The van der Waals surface area contributed by atoms with Crippen molar-refractivity contribution in [3.8, 4) is 0 Å². The number of hydrogen-bond donors (Lipinski definition) is 1. The molecule has 6 nitrogen and oxygen atoms in total. The summed E-state index contributed by atoms with van der Waals surface area (Å²) in [6.45, 7) is 0. The van der Waals surface area contributed by atoms with Crippen LogP contribution in [0, 0.1) is 0 Å². The van der Waals surface area contributed by atoms with Crippen molar-refractivity contribution in [3.63, 3.8) is 0 Å². The van der Waals surface area contributed by atoms with Gasteiger partial charge in [0.15, 0.2) is 5.82 Å². The summed E-state index contributed by atoms with van der Waals surface area (Å²) in [7, 11) is 3.32. The van der Waals surface area contributed by atoms with Crippen molar-refractivity contribution in [3.05, 3.63) is 29.0 Å². The second-order valence-corrected chi connectivity index (χ2v) is 5.39. The van der Waals surface area contributed by atoms with E-state index in [9.17, 15) is 0 Å². The summed E-state index contributed by atoms with van der Waals surface area (Å²) in [6.07, 6.45) is 10.8. The number of nitrogens with zero attached hydrogens (tertiary/aromatic N) is 3. The van der Waals surface area contributed by atoms with E-state index < -0.39 is 0 Å². The fraction of sp³-hybridized carbons (Fsp3) is 0.438. The summed E-state index contributed by atoms with van der Waals surface area (Å²) in [6, 6.07) is 0.124. The number of rotatable bonds is 3. The van der Waals surface area contributed by atoms with Gasteiger partial charge in [0.1, 0.15) is 18.5 Å². The lowest BCUT2D eigenvalue weighted by molar-refractivity contribution is 0.0303. The van der Waals surface area contributed by atoms with E-state index in [1.54, 1.807) is 14.2 Å². The van der Waals surface area contributed by atoms with Gasteiger partial charge in [0.2, 0.25) is 0 Å². The lowest BCUT2D eigenvalue weighted by atomic mass is 10.0. The molecule has 116 valence electrons. The molecule has 0 fully saturated rings. The second kappa shape index (κ2) is 6.48. The van der Waals surface area contributed by atoms with Gasteiger partial charge in [-0.25, -0.2) is 15.0 Å². The number of allylic oxidation sites excluding steroid dienone is 1. The predicted molar refractivity (Wildman–Crippen MR) is 85.3 cm³/mol. The van der Waals surface area contributed by atoms with Gasteiger partial charge in [-0.15, -0.1) is 0 Å². The second-order valence-electron chi connectivity index (χ2n) is 5.39. The van der Waals surface area contributed by atoms with Crippen LogP contribution in [0.15, 0.2) is 23.5 Å². The Hall–Kier alpha value is -1.89. The van der Waals surface area contributed by atoms with Crippen molar-refractivity contribution in [2.45, 2.75) is 31.1 Å². The molecule has 0 radical (unpaired) electrons. The standard InChI is InChI=1S/C16H20N4O2/c1-21-14-7-12-13(8-15(14)22-2)18-9-19-16(12)20-11-5-3-10(17)4-6-11/h3,5,7-10,14-15H,4,6,17H2,1-2H3. The van der Waals surface area contributed by atoms with Crippen LogP contribution in [-0.2, 0) is 9.47 Å². The third-order valence-electron chi connectivity index (χ3n) is 3.93. The molecule has 0 aliphatic heterocycles. The largest absolute Gasteiger partial charge is 0.374 e. The minimum absolute atomic E-state index is 0.124. The first-order chi connectivity index (χ1) is 10.7. The van der Waals surface area contributed by atoms with Crippen LogP contribution in [0.4, 0.5) is 5.82 Å². The Balaban J connectivity index is 2.06. The highest BCUT2D eigenvalue weighted by molar-refractivity contribution is 5.97. The highest BCUT2D eigenvalue weighted by Crippen LogP contribution is 2.12. The number of fused-ring (bicyclic) bond motifs is 1. The van der Waals surface area contributed by atoms with Crippen LogP contribution >= 0.6 is 0 Å². The molecule has 3 rings (SSSR count). The van der Waals surface area contributed by atoms with E-state index in [1.807, 2.05) is 24.3 Å². The van der Waals surface area contributed by atoms with Crippen molar-refractivity contribution in [1.29, 1.82) is 0 Å². The zero-order valence-electron chi connectivity index (χ0n) is 12.8. The monoisotopic (exact) mass is 300 g/mol. The minimum Gasteiger partial charge on any atom is -0.374 e. The number of aromatic nitrogens is 2. The molecule has 1 heterocycles. The maximum absolute atomic E-state index is 5.86. The topological polar surface area (TPSA) is 82.6 Å². The fourth-order valence-corrected chi connectivity index (χ4v) is 2.65. The molecule has 0 saturated carbocycles. The highest BCUT2D eigenvalue weighted by atomic mass is 16.5. The molecular weight excluding hydrogens is 280 g/mol. The molecule has 22 heavy (non-hydrogen) atoms. The lowest BCUT2D eigenvalue weighted by Gasteiger charge is -2.21. The van der Waals surface area contributed by atoms with E-state index in [-0.39, 0.29) is 18.2 Å². The molecule has 3 atom stereocenters. The van der Waals surface area contributed by atoms with Gasteiger partial charge in [-0.05, 0) is 31.1 Å². The number of ether oxygens (including phenoxy) is 2. The third kappa shape index (κ3) is 2.99. The van der Waals surface area contributed by atoms with Crippen LogP contribution in [0.3, 0.4) is 0 Å². The Labute approximate surface area is 129 Å². The quantitative estimate of drug-likeness (QED) is 0.838. The zero-order valence-corrected chi connectivity index (χ0v) is 12.8. The van der Waals surface area contributed by atoms with Crippen LogP contribution in [0.1, 0.15) is 12.8 Å². The van der Waals surface area contributed by atoms with E-state index in [2.05, 4.69) is 15.0 Å². The highest BCUT2D eigenvalue weighted by Gasteiger charge is 2.21. The Morgan fingerprint density at radius 1 is 1.18 bits per heavy atom. The number of nitrogens with two attached hydrogens (primary N) is 1. The number of aliphatic imine (C=N–C) groups is 1. The van der Waals surface area contributed by atoms with E-state index >= 15 is 0 Å². The summed E-state index contributed by atoms with van der Waals surface area (Å²) >= 11 is 0. The summed E-state index contributed by atoms with van der Waals surface area (Å²) < 4.78 is 10.9. The number of hydrogen-bond acceptors (Lipinski definition) is 6. The van der Waals surface area contributed by atoms with Crippen LogP contribution in [-0.4, -0.2) is 48.1 Å². The van der Waals surface area contributed by atoms with Gasteiger partial charge in [-0.3, -0.25) is 0 Å². The van der Waals surface area contributed by atoms with Gasteiger partial charge in [0.25, 0.3) is 0 Å². The smallest absolute Gasteiger partial charge is 0.163 e. The molecule has 2 aliphatic rings. The Morgan fingerprint density at radius 2 is 1.95 bits per heavy atom. The van der Waals surface area contributed by atoms with Gasteiger partial charge >= 0.3 is 0 Å². The fourth-order valence-electron chi connectivity index (χ4n) is 2.65. The Kier molecular flexibility index (Phi) is 4.42. The van der Waals surface area contributed by atoms with Gasteiger partial charge in [-0.1, -0.05) is 6.08 Å². The summed E-state index contributed by atoms with van der Waals surface area (Å²) in [5.74, 6) is 0.660. The molecule has 0 bridgehead atoms. The zero-order chi connectivity index (χ0) is 15.5. The van der Waals surface area contributed by atoms with Gasteiger partial charge in [-0.2, -0.15) is 0 Å². The first kappa shape index (κ1) is 15.0. The first-order valence-corrected chi connectivity index (χ1v) is 7.33. The van der Waals surface area contributed by atoms with Gasteiger partial charge < -0.3 is 15.2 Å². The average Bonchev–Trinajstić information content (AvgIpc) is 2.56. The van der Waals surface area contributed by atoms with E-state index in [0.717, 1.165) is 29.1 Å². The number of methoxy groups -OCH3 is 2. The SMILES string of the molecule is COC1C=c2ncnc(N=C3C=CC(N)CC3)c2=CC1OC. The molecule has 0 spiro atoms. The van der Waals surface area contributed by atoms with Crippen molar-refractivity contribution in [2.24, 2.45) is 10.7 Å². The third-order valence-corrected chi connectivity index (χ3v) is 3.93. The van der Waals surface area contributed by atoms with Crippen molar-refractivity contribution in [2.75, 3.05) is 14.2 Å². The molecule has 2 N–H and O–H groups in total. The van der Waals surface area contributed by atoms with Crippen LogP contribution in [0.25, 0.3) is 12.2 Å². The van der Waals surface area contributed by atoms with Crippen LogP contribution < -0.4 is 16.3 Å². The molecule has 0 aromatic carbocycles. The van der Waals surface area contributed by atoms with Gasteiger partial charge in [0.05, 0.1) is 5.35 Å².